The standard InChI is InChI=1S/C11H15BN2.2H2O/c1-13-6-8-14(9-7-13)11-4-2-10(12)3-5-11;;/h2-5H,6-9H2,1H3;2*1H2/q+2;;/p-2. The van der Waals surface area contributed by atoms with Crippen LogP contribution >= 0.6 is 0 Å². The molecule has 0 aromatic heterocycles. The van der Waals surface area contributed by atoms with Crippen LogP contribution in [0.15, 0.2) is 24.3 Å². The number of hydrogen-bond acceptors (Lipinski definition) is 4. The van der Waals surface area contributed by atoms with E-state index in [0.717, 1.165) is 31.6 Å². The van der Waals surface area contributed by atoms with Crippen LogP contribution in [-0.2, 0) is 0 Å². The number of benzene rings is 1. The largest absolute Gasteiger partial charge is 0.870 e. The number of anilines is 1. The number of hydrogen-bond donors (Lipinski definition) is 0. The Kier molecular flexibility index (Phi) is 6.10. The van der Waals surface area contributed by atoms with Gasteiger partial charge in [-0.3, -0.25) is 0 Å². The first-order chi connectivity index (χ1) is 6.75. The van der Waals surface area contributed by atoms with Gasteiger partial charge in [-0.15, -0.1) is 0 Å². The number of likely N-dealkylation sites (N-methyl/N-ethyl adjacent to an activating group) is 1. The molecule has 16 heavy (non-hydrogen) atoms. The second-order valence-electron chi connectivity index (χ2n) is 3.88. The van der Waals surface area contributed by atoms with Gasteiger partial charge in [0.2, 0.25) is 0 Å². The smallest absolute Gasteiger partial charge is 0.870 e. The van der Waals surface area contributed by atoms with Gasteiger partial charge in [-0.1, -0.05) is 0 Å². The van der Waals surface area contributed by atoms with Gasteiger partial charge in [0, 0.05) is 0 Å². The first-order valence-electron chi connectivity index (χ1n) is 5.05. The fourth-order valence-corrected chi connectivity index (χ4v) is 1.75. The minimum Gasteiger partial charge on any atom is -0.870 e. The quantitative estimate of drug-likeness (QED) is 0.618. The van der Waals surface area contributed by atoms with Crippen LogP contribution in [0.1, 0.15) is 0 Å². The molecule has 1 aliphatic rings. The van der Waals surface area contributed by atoms with Crippen molar-refractivity contribution in [3.63, 3.8) is 0 Å². The second-order valence-corrected chi connectivity index (χ2v) is 3.88. The molecule has 1 fully saturated rings. The fourth-order valence-electron chi connectivity index (χ4n) is 1.75. The summed E-state index contributed by atoms with van der Waals surface area (Å²) in [5.74, 6) is 0. The van der Waals surface area contributed by atoms with Crippen LogP contribution in [0.25, 0.3) is 0 Å². The van der Waals surface area contributed by atoms with Gasteiger partial charge in [0.25, 0.3) is 0 Å². The number of piperazine rings is 1. The van der Waals surface area contributed by atoms with E-state index in [2.05, 4.69) is 29.0 Å². The van der Waals surface area contributed by atoms with Crippen LogP contribution in [0.5, 0.6) is 0 Å². The molecule has 0 saturated carbocycles. The fraction of sp³-hybridized carbons (Fsp3) is 0.455. The molecule has 1 heterocycles. The molecule has 0 radical (unpaired) electrons. The van der Waals surface area contributed by atoms with E-state index in [1.807, 2.05) is 12.1 Å². The summed E-state index contributed by atoms with van der Waals surface area (Å²) in [7, 11) is 7.82. The normalized spacial score (nSPS) is 16.3. The molecule has 86 valence electrons. The van der Waals surface area contributed by atoms with Crippen molar-refractivity contribution in [2.75, 3.05) is 38.1 Å². The zero-order chi connectivity index (χ0) is 9.97. The van der Waals surface area contributed by atoms with Crippen molar-refractivity contribution in [1.29, 1.82) is 0 Å². The van der Waals surface area contributed by atoms with E-state index in [1.54, 1.807) is 0 Å². The molecule has 0 spiro atoms. The molecule has 2 N–H and O–H groups in total. The molecule has 0 aliphatic carbocycles. The minimum atomic E-state index is 0. The van der Waals surface area contributed by atoms with Gasteiger partial charge in [-0.05, 0) is 0 Å². The third kappa shape index (κ3) is 3.52. The molecular weight excluding hydrogens is 203 g/mol. The molecule has 1 saturated heterocycles. The summed E-state index contributed by atoms with van der Waals surface area (Å²) in [6.07, 6.45) is 0. The maximum absolute atomic E-state index is 5.65. The van der Waals surface area contributed by atoms with Gasteiger partial charge in [0.15, 0.2) is 0 Å². The Hall–Kier alpha value is -1.04. The zero-order valence-corrected chi connectivity index (χ0v) is 9.50. The first kappa shape index (κ1) is 15.0. The summed E-state index contributed by atoms with van der Waals surface area (Å²) in [5, 5.41) is 0. The van der Waals surface area contributed by atoms with Gasteiger partial charge in [0.1, 0.15) is 0 Å². The number of nitrogens with zero attached hydrogens (tertiary/aromatic N) is 2. The van der Waals surface area contributed by atoms with Gasteiger partial charge < -0.3 is 11.0 Å². The van der Waals surface area contributed by atoms with E-state index in [9.17, 15) is 0 Å². The molecule has 0 bridgehead atoms. The molecule has 1 aromatic rings. The molecular formula is C11H17BN2O2. The van der Waals surface area contributed by atoms with Crippen molar-refractivity contribution in [3.8, 4) is 0 Å². The first-order valence-corrected chi connectivity index (χ1v) is 5.05. The molecule has 0 amide bonds. The summed E-state index contributed by atoms with van der Waals surface area (Å²) < 4.78 is 0. The van der Waals surface area contributed by atoms with E-state index in [0.29, 0.717) is 0 Å². The SMILES string of the molecule is [B+2]c1ccc(N2CCN(C)CC2)cc1.[OH-].[OH-]. The van der Waals surface area contributed by atoms with Gasteiger partial charge in [-0.25, -0.2) is 0 Å². The Morgan fingerprint density at radius 2 is 1.44 bits per heavy atom. The van der Waals surface area contributed by atoms with E-state index >= 15 is 0 Å². The predicted octanol–water partition coefficient (Wildman–Crippen LogP) is -0.121. The molecule has 2 rings (SSSR count). The van der Waals surface area contributed by atoms with Crippen molar-refractivity contribution >= 4 is 19.0 Å². The van der Waals surface area contributed by atoms with Crippen molar-refractivity contribution in [3.05, 3.63) is 24.3 Å². The Morgan fingerprint density at radius 3 is 1.94 bits per heavy atom. The average molecular weight is 220 g/mol. The Labute approximate surface area is 97.9 Å². The van der Waals surface area contributed by atoms with Crippen molar-refractivity contribution in [1.82, 2.24) is 4.90 Å². The Morgan fingerprint density at radius 1 is 0.938 bits per heavy atom. The topological polar surface area (TPSA) is 66.5 Å². The monoisotopic (exact) mass is 220 g/mol. The molecule has 4 nitrogen and oxygen atoms in total. The van der Waals surface area contributed by atoms with Crippen LogP contribution in [-0.4, -0.2) is 56.9 Å². The van der Waals surface area contributed by atoms with Crippen LogP contribution in [0.4, 0.5) is 5.69 Å². The maximum Gasteiger partial charge on any atom is -0.870 e. The molecule has 5 heteroatoms. The molecule has 1 aromatic carbocycles. The summed E-state index contributed by atoms with van der Waals surface area (Å²) in [6, 6.07) is 8.13. The van der Waals surface area contributed by atoms with Gasteiger partial charge in [0.05, 0.1) is 0 Å². The van der Waals surface area contributed by atoms with E-state index < -0.39 is 0 Å². The average Bonchev–Trinajstić information content (AvgIpc) is 2.21. The second kappa shape index (κ2) is 6.53. The number of rotatable bonds is 1. The zero-order valence-electron chi connectivity index (χ0n) is 9.50. The van der Waals surface area contributed by atoms with E-state index in [1.165, 1.54) is 5.69 Å². The van der Waals surface area contributed by atoms with Crippen LogP contribution < -0.4 is 10.4 Å². The summed E-state index contributed by atoms with van der Waals surface area (Å²) in [6.45, 7) is 4.51. The third-order valence-corrected chi connectivity index (χ3v) is 2.76. The summed E-state index contributed by atoms with van der Waals surface area (Å²) in [4.78, 5) is 4.76. The van der Waals surface area contributed by atoms with Gasteiger partial charge >= 0.3 is 86.3 Å². The maximum atomic E-state index is 5.65. The molecule has 0 atom stereocenters. The van der Waals surface area contributed by atoms with Gasteiger partial charge in [-0.2, -0.15) is 0 Å². The summed E-state index contributed by atoms with van der Waals surface area (Å²) >= 11 is 0. The minimum absolute atomic E-state index is 0. The van der Waals surface area contributed by atoms with Crippen LogP contribution in [0, 0.1) is 0 Å². The van der Waals surface area contributed by atoms with Crippen molar-refractivity contribution in [2.45, 2.75) is 0 Å². The van der Waals surface area contributed by atoms with Crippen LogP contribution in [0.3, 0.4) is 0 Å². The van der Waals surface area contributed by atoms with Crippen molar-refractivity contribution in [2.24, 2.45) is 0 Å². The van der Waals surface area contributed by atoms with Crippen molar-refractivity contribution < 1.29 is 11.0 Å². The Bertz CT molecular complexity index is 297. The van der Waals surface area contributed by atoms with Crippen LogP contribution in [0.2, 0.25) is 0 Å². The molecule has 1 aliphatic heterocycles. The van der Waals surface area contributed by atoms with E-state index in [-0.39, 0.29) is 11.0 Å². The predicted molar refractivity (Wildman–Crippen MR) is 65.4 cm³/mol. The summed E-state index contributed by atoms with van der Waals surface area (Å²) in [5.41, 5.74) is 2.12. The molecule has 0 unspecified atom stereocenters. The Balaban J connectivity index is 0.00000112. The third-order valence-electron chi connectivity index (χ3n) is 2.76. The van der Waals surface area contributed by atoms with E-state index in [4.69, 9.17) is 7.85 Å².